The summed E-state index contributed by atoms with van der Waals surface area (Å²) in [5.74, 6) is 0. The van der Waals surface area contributed by atoms with Gasteiger partial charge in [-0.05, 0) is 64.2 Å². The molecule has 144 valence electrons. The highest BCUT2D eigenvalue weighted by atomic mass is 16.6. The molecule has 4 nitrogen and oxygen atoms in total. The molecule has 26 heavy (non-hydrogen) atoms. The molecule has 1 aliphatic rings. The van der Waals surface area contributed by atoms with Gasteiger partial charge in [-0.15, -0.1) is 0 Å². The van der Waals surface area contributed by atoms with Crippen LogP contribution in [0.3, 0.4) is 0 Å². The van der Waals surface area contributed by atoms with Crippen LogP contribution in [0.5, 0.6) is 0 Å². The first-order valence-electron chi connectivity index (χ1n) is 9.75. The Morgan fingerprint density at radius 1 is 1.15 bits per heavy atom. The maximum absolute atomic E-state index is 10.3. The zero-order chi connectivity index (χ0) is 18.9. The maximum atomic E-state index is 10.3. The molecule has 1 unspecified atom stereocenters. The van der Waals surface area contributed by atoms with Crippen LogP contribution in [-0.2, 0) is 4.84 Å². The van der Waals surface area contributed by atoms with E-state index in [1.807, 2.05) is 18.2 Å². The highest BCUT2D eigenvalue weighted by molar-refractivity contribution is 5.58. The number of nitrogens with zero attached hydrogens (tertiary/aromatic N) is 1. The van der Waals surface area contributed by atoms with Crippen LogP contribution in [0, 0.1) is 0 Å². The van der Waals surface area contributed by atoms with E-state index in [-0.39, 0.29) is 6.61 Å². The molecule has 0 heterocycles. The quantitative estimate of drug-likeness (QED) is 0.651. The Bertz CT molecular complexity index is 585. The van der Waals surface area contributed by atoms with Gasteiger partial charge in [0, 0.05) is 18.6 Å². The summed E-state index contributed by atoms with van der Waals surface area (Å²) in [4.78, 5) is 7.90. The lowest BCUT2D eigenvalue weighted by atomic mass is 9.97. The van der Waals surface area contributed by atoms with Gasteiger partial charge in [-0.1, -0.05) is 36.4 Å². The minimum absolute atomic E-state index is 0.270. The first-order chi connectivity index (χ1) is 12.5. The Hall–Kier alpha value is -1.62. The smallest absolute Gasteiger partial charge is 0.102 e. The van der Waals surface area contributed by atoms with E-state index in [1.54, 1.807) is 0 Å². The number of hydrogen-bond donors (Lipinski definition) is 2. The second-order valence-electron chi connectivity index (χ2n) is 7.54. The summed E-state index contributed by atoms with van der Waals surface area (Å²) >= 11 is 0. The van der Waals surface area contributed by atoms with Crippen molar-refractivity contribution in [2.75, 3.05) is 13.2 Å². The van der Waals surface area contributed by atoms with Crippen LogP contribution in [-0.4, -0.2) is 41.3 Å². The van der Waals surface area contributed by atoms with Gasteiger partial charge in [-0.3, -0.25) is 15.2 Å². The van der Waals surface area contributed by atoms with Crippen molar-refractivity contribution in [3.8, 4) is 0 Å². The largest absolute Gasteiger partial charge is 0.389 e. The van der Waals surface area contributed by atoms with Crippen LogP contribution in [0.1, 0.15) is 52.5 Å². The molecule has 0 saturated heterocycles. The molecule has 1 aromatic rings. The monoisotopic (exact) mass is 358 g/mol. The van der Waals surface area contributed by atoms with Gasteiger partial charge in [0.2, 0.25) is 0 Å². The number of benzene rings is 1. The van der Waals surface area contributed by atoms with E-state index >= 15 is 0 Å². The predicted octanol–water partition coefficient (Wildman–Crippen LogP) is 4.14. The van der Waals surface area contributed by atoms with Crippen LogP contribution < -0.4 is 5.48 Å². The van der Waals surface area contributed by atoms with Crippen molar-refractivity contribution in [2.45, 2.75) is 65.1 Å². The second kappa shape index (κ2) is 10.5. The highest BCUT2D eigenvalue weighted by Crippen LogP contribution is 2.24. The Labute approximate surface area is 158 Å². The van der Waals surface area contributed by atoms with Crippen molar-refractivity contribution >= 4 is 6.08 Å². The highest BCUT2D eigenvalue weighted by Gasteiger charge is 2.18. The molecule has 1 atom stereocenters. The van der Waals surface area contributed by atoms with Crippen LogP contribution in [0.2, 0.25) is 0 Å². The van der Waals surface area contributed by atoms with Gasteiger partial charge in [0.1, 0.15) is 6.61 Å². The number of rotatable bonds is 9. The molecule has 0 fully saturated rings. The fourth-order valence-electron chi connectivity index (χ4n) is 3.34. The Morgan fingerprint density at radius 3 is 2.50 bits per heavy atom. The van der Waals surface area contributed by atoms with Gasteiger partial charge in [-0.25, -0.2) is 0 Å². The van der Waals surface area contributed by atoms with Crippen LogP contribution >= 0.6 is 0 Å². The molecule has 4 heteroatoms. The van der Waals surface area contributed by atoms with Crippen LogP contribution in [0.25, 0.3) is 6.08 Å². The average molecular weight is 359 g/mol. The van der Waals surface area contributed by atoms with E-state index in [0.717, 1.165) is 25.0 Å². The molecule has 0 bridgehead atoms. The van der Waals surface area contributed by atoms with Gasteiger partial charge in [0.25, 0.3) is 0 Å². The van der Waals surface area contributed by atoms with E-state index < -0.39 is 6.10 Å². The molecule has 1 aromatic carbocycles. The summed E-state index contributed by atoms with van der Waals surface area (Å²) in [6.45, 7) is 9.49. The van der Waals surface area contributed by atoms with Gasteiger partial charge >= 0.3 is 0 Å². The molecule has 0 radical (unpaired) electrons. The van der Waals surface area contributed by atoms with Gasteiger partial charge < -0.3 is 5.11 Å². The minimum atomic E-state index is -0.516. The Morgan fingerprint density at radius 2 is 1.85 bits per heavy atom. The Balaban J connectivity index is 1.87. The van der Waals surface area contributed by atoms with Crippen molar-refractivity contribution in [2.24, 2.45) is 0 Å². The summed E-state index contributed by atoms with van der Waals surface area (Å²) in [6, 6.07) is 11.1. The fraction of sp³-hybridized carbons (Fsp3) is 0.545. The first-order valence-corrected chi connectivity index (χ1v) is 9.75. The normalized spacial score (nSPS) is 17.8. The molecular weight excluding hydrogens is 324 g/mol. The van der Waals surface area contributed by atoms with Crippen molar-refractivity contribution in [3.05, 3.63) is 53.2 Å². The maximum Gasteiger partial charge on any atom is 0.102 e. The third-order valence-corrected chi connectivity index (χ3v) is 4.69. The summed E-state index contributed by atoms with van der Waals surface area (Å²) in [7, 11) is 0. The summed E-state index contributed by atoms with van der Waals surface area (Å²) in [5, 5.41) is 10.3. The predicted molar refractivity (Wildman–Crippen MR) is 108 cm³/mol. The second-order valence-corrected chi connectivity index (χ2v) is 7.54. The third kappa shape index (κ3) is 6.60. The van der Waals surface area contributed by atoms with Crippen molar-refractivity contribution in [1.82, 2.24) is 10.4 Å². The number of allylic oxidation sites excluding steroid dienone is 2. The molecule has 2 rings (SSSR count). The molecule has 0 saturated carbocycles. The molecule has 1 aliphatic carbocycles. The van der Waals surface area contributed by atoms with Crippen LogP contribution in [0.4, 0.5) is 0 Å². The van der Waals surface area contributed by atoms with E-state index in [0.29, 0.717) is 18.6 Å². The Kier molecular flexibility index (Phi) is 8.36. The van der Waals surface area contributed by atoms with E-state index in [9.17, 15) is 5.11 Å². The molecule has 0 spiro atoms. The van der Waals surface area contributed by atoms with E-state index in [1.165, 1.54) is 11.1 Å². The number of hydrogen-bond acceptors (Lipinski definition) is 4. The lowest BCUT2D eigenvalue weighted by Gasteiger charge is -2.32. The number of nitrogens with one attached hydrogen (secondary N) is 1. The molecule has 2 N–H and O–H groups in total. The molecular formula is C22H34N2O2. The van der Waals surface area contributed by atoms with Gasteiger partial charge in [-0.2, -0.15) is 0 Å². The van der Waals surface area contributed by atoms with E-state index in [2.05, 4.69) is 62.4 Å². The lowest BCUT2D eigenvalue weighted by Crippen LogP contribution is -2.43. The fourth-order valence-corrected chi connectivity index (χ4v) is 3.34. The van der Waals surface area contributed by atoms with Crippen molar-refractivity contribution < 1.29 is 9.94 Å². The topological polar surface area (TPSA) is 44.7 Å². The summed E-state index contributed by atoms with van der Waals surface area (Å²) in [6.07, 6.45) is 7.11. The SMILES string of the molecule is CC(C)N(CC(O)CONC1=CCCCC1=Cc1ccccc1)C(C)C. The first kappa shape index (κ1) is 20.7. The van der Waals surface area contributed by atoms with E-state index in [4.69, 9.17) is 4.84 Å². The van der Waals surface area contributed by atoms with Crippen molar-refractivity contribution in [1.29, 1.82) is 0 Å². The molecule has 0 aromatic heterocycles. The zero-order valence-corrected chi connectivity index (χ0v) is 16.6. The molecule has 0 amide bonds. The summed E-state index contributed by atoms with van der Waals surface area (Å²) < 4.78 is 0. The lowest BCUT2D eigenvalue weighted by molar-refractivity contribution is -0.0258. The number of hydroxylamine groups is 1. The van der Waals surface area contributed by atoms with Crippen LogP contribution in [0.15, 0.2) is 47.7 Å². The standard InChI is InChI=1S/C22H34N2O2/c1-17(2)24(18(3)4)15-21(25)16-26-23-22-13-9-8-12-20(22)14-19-10-6-5-7-11-19/h5-7,10-11,13-14,17-18,21,23,25H,8-9,12,15-16H2,1-4H3. The minimum Gasteiger partial charge on any atom is -0.389 e. The van der Waals surface area contributed by atoms with Gasteiger partial charge in [0.15, 0.2) is 0 Å². The number of aliphatic hydroxyl groups excluding tert-OH is 1. The average Bonchev–Trinajstić information content (AvgIpc) is 2.61. The molecule has 0 aliphatic heterocycles. The summed E-state index contributed by atoms with van der Waals surface area (Å²) in [5.41, 5.74) is 6.54. The number of aliphatic hydroxyl groups is 1. The van der Waals surface area contributed by atoms with Gasteiger partial charge in [0.05, 0.1) is 11.8 Å². The zero-order valence-electron chi connectivity index (χ0n) is 16.6. The van der Waals surface area contributed by atoms with Crippen molar-refractivity contribution in [3.63, 3.8) is 0 Å². The third-order valence-electron chi connectivity index (χ3n) is 4.69.